The molecule has 1 N–H and O–H groups in total. The summed E-state index contributed by atoms with van der Waals surface area (Å²) in [4.78, 5) is 13.2. The Balaban J connectivity index is 2.28. The van der Waals surface area contributed by atoms with E-state index in [9.17, 15) is 4.79 Å². The van der Waals surface area contributed by atoms with E-state index in [-0.39, 0.29) is 6.03 Å². The summed E-state index contributed by atoms with van der Waals surface area (Å²) in [6.07, 6.45) is 3.35. The van der Waals surface area contributed by atoms with Crippen molar-refractivity contribution in [3.05, 3.63) is 0 Å². The Kier molecular flexibility index (Phi) is 4.20. The maximum Gasteiger partial charge on any atom is 0.317 e. The number of urea groups is 1. The Morgan fingerprint density at radius 1 is 1.57 bits per heavy atom. The summed E-state index contributed by atoms with van der Waals surface area (Å²) in [5.41, 5.74) is 0. The van der Waals surface area contributed by atoms with Crippen molar-refractivity contribution in [2.24, 2.45) is 0 Å². The van der Waals surface area contributed by atoms with Crippen LogP contribution in [0.3, 0.4) is 0 Å². The number of nitrogens with one attached hydrogen (secondary N) is 1. The minimum Gasteiger partial charge on any atom is -0.381 e. The fourth-order valence-electron chi connectivity index (χ4n) is 1.71. The summed E-state index contributed by atoms with van der Waals surface area (Å²) < 4.78 is 5.24. The highest BCUT2D eigenvalue weighted by molar-refractivity contribution is 5.74. The molecule has 0 bridgehead atoms. The van der Waals surface area contributed by atoms with Crippen molar-refractivity contribution in [2.75, 3.05) is 20.7 Å². The molecular formula is C10H20N2O2. The lowest BCUT2D eigenvalue weighted by Gasteiger charge is -2.19. The van der Waals surface area contributed by atoms with Crippen LogP contribution < -0.4 is 5.32 Å². The first-order chi connectivity index (χ1) is 6.67. The predicted octanol–water partition coefficient (Wildman–Crippen LogP) is 1.22. The lowest BCUT2D eigenvalue weighted by molar-refractivity contribution is 0.107. The highest BCUT2D eigenvalue weighted by Crippen LogP contribution is 2.21. The summed E-state index contributed by atoms with van der Waals surface area (Å²) >= 11 is 0. The molecule has 2 unspecified atom stereocenters. The fraction of sp³-hybridized carbons (Fsp3) is 0.900. The van der Waals surface area contributed by atoms with Crippen LogP contribution in [0, 0.1) is 0 Å². The number of methoxy groups -OCH3 is 1. The second-order valence-electron chi connectivity index (χ2n) is 3.83. The van der Waals surface area contributed by atoms with Gasteiger partial charge in [0.1, 0.15) is 0 Å². The molecule has 1 aliphatic carbocycles. The molecule has 4 nitrogen and oxygen atoms in total. The van der Waals surface area contributed by atoms with Crippen molar-refractivity contribution in [2.45, 2.75) is 38.3 Å². The molecule has 82 valence electrons. The van der Waals surface area contributed by atoms with Gasteiger partial charge in [-0.15, -0.1) is 0 Å². The Morgan fingerprint density at radius 3 is 2.79 bits per heavy atom. The molecule has 0 heterocycles. The van der Waals surface area contributed by atoms with Crippen LogP contribution in [0.1, 0.15) is 26.2 Å². The van der Waals surface area contributed by atoms with E-state index in [1.807, 2.05) is 6.92 Å². The first-order valence-corrected chi connectivity index (χ1v) is 5.21. The van der Waals surface area contributed by atoms with E-state index in [2.05, 4.69) is 5.32 Å². The van der Waals surface area contributed by atoms with E-state index < -0.39 is 0 Å². The van der Waals surface area contributed by atoms with Crippen LogP contribution in [0.4, 0.5) is 4.79 Å². The Bertz CT molecular complexity index is 197. The minimum atomic E-state index is 0.0225. The maximum absolute atomic E-state index is 11.5. The van der Waals surface area contributed by atoms with Crippen LogP contribution in [0.5, 0.6) is 0 Å². The standard InChI is InChI=1S/C10H20N2O2/c1-4-12(2)10(13)11-8-5-6-9(7-8)14-3/h8-9H,4-7H2,1-3H3,(H,11,13). The normalized spacial score (nSPS) is 26.2. The number of carbonyl (C=O) groups excluding carboxylic acids is 1. The van der Waals surface area contributed by atoms with Gasteiger partial charge in [0.2, 0.25) is 0 Å². The third-order valence-electron chi connectivity index (χ3n) is 2.87. The average Bonchev–Trinajstić information content (AvgIpc) is 2.64. The number of rotatable bonds is 3. The number of ether oxygens (including phenoxy) is 1. The summed E-state index contributed by atoms with van der Waals surface area (Å²) in [5, 5.41) is 3.00. The zero-order valence-electron chi connectivity index (χ0n) is 9.25. The van der Waals surface area contributed by atoms with Gasteiger partial charge in [0.25, 0.3) is 0 Å². The molecule has 0 aromatic carbocycles. The van der Waals surface area contributed by atoms with Crippen molar-refractivity contribution in [3.63, 3.8) is 0 Å². The maximum atomic E-state index is 11.5. The summed E-state index contributed by atoms with van der Waals surface area (Å²) in [6, 6.07) is 0.315. The Labute approximate surface area is 85.6 Å². The van der Waals surface area contributed by atoms with Crippen molar-refractivity contribution < 1.29 is 9.53 Å². The Morgan fingerprint density at radius 2 is 2.29 bits per heavy atom. The molecule has 1 rings (SSSR count). The molecule has 1 fully saturated rings. The van der Waals surface area contributed by atoms with Gasteiger partial charge in [-0.3, -0.25) is 0 Å². The molecule has 4 heteroatoms. The monoisotopic (exact) mass is 200 g/mol. The van der Waals surface area contributed by atoms with E-state index in [0.29, 0.717) is 12.1 Å². The summed E-state index contributed by atoms with van der Waals surface area (Å²) in [6.45, 7) is 2.71. The van der Waals surface area contributed by atoms with Gasteiger partial charge < -0.3 is 15.0 Å². The van der Waals surface area contributed by atoms with E-state index in [0.717, 1.165) is 25.8 Å². The molecule has 2 atom stereocenters. The lowest BCUT2D eigenvalue weighted by atomic mass is 10.2. The zero-order valence-corrected chi connectivity index (χ0v) is 9.25. The molecular weight excluding hydrogens is 180 g/mol. The van der Waals surface area contributed by atoms with Crippen LogP contribution in [0.25, 0.3) is 0 Å². The second kappa shape index (κ2) is 5.20. The van der Waals surface area contributed by atoms with Gasteiger partial charge in [-0.2, -0.15) is 0 Å². The van der Waals surface area contributed by atoms with Crippen LogP contribution >= 0.6 is 0 Å². The molecule has 0 aliphatic heterocycles. The molecule has 0 aromatic heterocycles. The molecule has 0 saturated heterocycles. The third kappa shape index (κ3) is 2.87. The Hall–Kier alpha value is -0.770. The molecule has 2 amide bonds. The summed E-state index contributed by atoms with van der Waals surface area (Å²) in [7, 11) is 3.53. The highest BCUT2D eigenvalue weighted by Gasteiger charge is 2.26. The van der Waals surface area contributed by atoms with Crippen molar-refractivity contribution in [1.82, 2.24) is 10.2 Å². The van der Waals surface area contributed by atoms with Gasteiger partial charge >= 0.3 is 6.03 Å². The average molecular weight is 200 g/mol. The van der Waals surface area contributed by atoms with Gasteiger partial charge in [0.15, 0.2) is 0 Å². The summed E-state index contributed by atoms with van der Waals surface area (Å²) in [5.74, 6) is 0. The van der Waals surface area contributed by atoms with Gasteiger partial charge in [0, 0.05) is 26.7 Å². The van der Waals surface area contributed by atoms with E-state index in [1.165, 1.54) is 0 Å². The molecule has 1 saturated carbocycles. The third-order valence-corrected chi connectivity index (χ3v) is 2.87. The molecule has 0 spiro atoms. The zero-order chi connectivity index (χ0) is 10.6. The van der Waals surface area contributed by atoms with Gasteiger partial charge in [-0.05, 0) is 26.2 Å². The van der Waals surface area contributed by atoms with Crippen LogP contribution in [-0.4, -0.2) is 43.8 Å². The lowest BCUT2D eigenvalue weighted by Crippen LogP contribution is -2.42. The van der Waals surface area contributed by atoms with Crippen LogP contribution in [-0.2, 0) is 4.74 Å². The van der Waals surface area contributed by atoms with E-state index >= 15 is 0 Å². The number of nitrogens with zero attached hydrogens (tertiary/aromatic N) is 1. The van der Waals surface area contributed by atoms with Crippen molar-refractivity contribution in [3.8, 4) is 0 Å². The molecule has 14 heavy (non-hydrogen) atoms. The number of hydrogen-bond acceptors (Lipinski definition) is 2. The molecule has 0 radical (unpaired) electrons. The topological polar surface area (TPSA) is 41.6 Å². The number of hydrogen-bond donors (Lipinski definition) is 1. The first kappa shape index (κ1) is 11.3. The van der Waals surface area contributed by atoms with E-state index in [1.54, 1.807) is 19.1 Å². The van der Waals surface area contributed by atoms with E-state index in [4.69, 9.17) is 4.74 Å². The first-order valence-electron chi connectivity index (χ1n) is 5.21. The van der Waals surface area contributed by atoms with Gasteiger partial charge in [-0.25, -0.2) is 4.79 Å². The largest absolute Gasteiger partial charge is 0.381 e. The van der Waals surface area contributed by atoms with Gasteiger partial charge in [-0.1, -0.05) is 0 Å². The van der Waals surface area contributed by atoms with Crippen LogP contribution in [0.15, 0.2) is 0 Å². The quantitative estimate of drug-likeness (QED) is 0.744. The second-order valence-corrected chi connectivity index (χ2v) is 3.83. The SMILES string of the molecule is CCN(C)C(=O)NC1CCC(OC)C1. The number of amides is 2. The van der Waals surface area contributed by atoms with Gasteiger partial charge in [0.05, 0.1) is 6.10 Å². The van der Waals surface area contributed by atoms with Crippen molar-refractivity contribution in [1.29, 1.82) is 0 Å². The number of carbonyl (C=O) groups is 1. The predicted molar refractivity (Wildman–Crippen MR) is 55.3 cm³/mol. The smallest absolute Gasteiger partial charge is 0.317 e. The molecule has 1 aliphatic rings. The van der Waals surface area contributed by atoms with Crippen LogP contribution in [0.2, 0.25) is 0 Å². The fourth-order valence-corrected chi connectivity index (χ4v) is 1.71. The van der Waals surface area contributed by atoms with Crippen molar-refractivity contribution >= 4 is 6.03 Å². The molecule has 0 aromatic rings. The minimum absolute atomic E-state index is 0.0225. The highest BCUT2D eigenvalue weighted by atomic mass is 16.5.